The third-order valence-electron chi connectivity index (χ3n) is 6.67. The fourth-order valence-corrected chi connectivity index (χ4v) is 4.82. The molecule has 0 fully saturated rings. The molecule has 2 aromatic heterocycles. The van der Waals surface area contributed by atoms with E-state index >= 15 is 0 Å². The van der Waals surface area contributed by atoms with Crippen LogP contribution in [0.25, 0.3) is 5.57 Å². The van der Waals surface area contributed by atoms with Gasteiger partial charge in [0.2, 0.25) is 0 Å². The van der Waals surface area contributed by atoms with Gasteiger partial charge in [-0.3, -0.25) is 19.0 Å². The monoisotopic (exact) mass is 520 g/mol. The maximum Gasteiger partial charge on any atom is 0.330 e. The van der Waals surface area contributed by atoms with E-state index in [0.717, 1.165) is 15.7 Å². The van der Waals surface area contributed by atoms with E-state index in [1.165, 1.54) is 38.2 Å². The molecule has 9 nitrogen and oxygen atoms in total. The molecular weight excluding hydrogens is 496 g/mol. The number of aldehydes is 1. The number of hydrogen-bond acceptors (Lipinski definition) is 6. The van der Waals surface area contributed by atoms with Crippen molar-refractivity contribution < 1.29 is 14.3 Å². The van der Waals surface area contributed by atoms with Crippen LogP contribution in [-0.2, 0) is 19.6 Å². The Balaban J connectivity index is 1.91. The normalized spacial score (nSPS) is 18.7. The van der Waals surface area contributed by atoms with Crippen molar-refractivity contribution >= 4 is 29.4 Å². The van der Waals surface area contributed by atoms with Crippen LogP contribution in [0.15, 0.2) is 70.5 Å². The molecule has 0 radical (unpaired) electrons. The van der Waals surface area contributed by atoms with Gasteiger partial charge in [0.15, 0.2) is 6.29 Å². The van der Waals surface area contributed by atoms with E-state index in [2.05, 4.69) is 10.3 Å². The summed E-state index contributed by atoms with van der Waals surface area (Å²) in [4.78, 5) is 54.3. The highest BCUT2D eigenvalue weighted by atomic mass is 35.5. The molecule has 1 aromatic carbocycles. The van der Waals surface area contributed by atoms with Crippen LogP contribution in [0, 0.1) is 5.92 Å². The zero-order chi connectivity index (χ0) is 26.9. The van der Waals surface area contributed by atoms with Crippen molar-refractivity contribution in [3.05, 3.63) is 109 Å². The molecule has 0 saturated heterocycles. The number of hydrogen-bond donors (Lipinski definition) is 1. The molecule has 0 saturated carbocycles. The lowest BCUT2D eigenvalue weighted by molar-refractivity contribution is 0.0897. The average Bonchev–Trinajstić information content (AvgIpc) is 2.90. The highest BCUT2D eigenvalue weighted by molar-refractivity contribution is 6.32. The second-order valence-corrected chi connectivity index (χ2v) is 9.14. The number of pyridine rings is 1. The van der Waals surface area contributed by atoms with Gasteiger partial charge in [-0.25, -0.2) is 9.78 Å². The Kier molecular flexibility index (Phi) is 7.00. The predicted octanol–water partition coefficient (Wildman–Crippen LogP) is 2.87. The van der Waals surface area contributed by atoms with Crippen LogP contribution in [0.5, 0.6) is 5.75 Å². The van der Waals surface area contributed by atoms with E-state index in [1.807, 2.05) is 31.2 Å². The second-order valence-electron chi connectivity index (χ2n) is 8.74. The van der Waals surface area contributed by atoms with Crippen molar-refractivity contribution in [1.29, 1.82) is 0 Å². The van der Waals surface area contributed by atoms with Crippen LogP contribution in [0.4, 0.5) is 0 Å². The van der Waals surface area contributed by atoms with E-state index in [4.69, 9.17) is 16.3 Å². The summed E-state index contributed by atoms with van der Waals surface area (Å²) < 4.78 is 7.42. The molecule has 0 aliphatic heterocycles. The Morgan fingerprint density at radius 3 is 2.65 bits per heavy atom. The van der Waals surface area contributed by atoms with Gasteiger partial charge >= 0.3 is 5.69 Å². The highest BCUT2D eigenvalue weighted by Gasteiger charge is 2.42. The number of carbonyl (C=O) groups is 2. The lowest BCUT2D eigenvalue weighted by Crippen LogP contribution is -2.52. The summed E-state index contributed by atoms with van der Waals surface area (Å²) in [6.45, 7) is 1.91. The van der Waals surface area contributed by atoms with E-state index in [1.54, 1.807) is 24.3 Å². The van der Waals surface area contributed by atoms with Crippen molar-refractivity contribution in [2.75, 3.05) is 7.11 Å². The van der Waals surface area contributed by atoms with Crippen molar-refractivity contribution in [2.45, 2.75) is 12.5 Å². The number of nitrogens with zero attached hydrogens (tertiary/aromatic N) is 3. The van der Waals surface area contributed by atoms with Crippen LogP contribution in [0.3, 0.4) is 0 Å². The molecule has 1 N–H and O–H groups in total. The number of aryl methyl sites for hydroxylation is 1. The first-order valence-corrected chi connectivity index (χ1v) is 11.8. The maximum absolute atomic E-state index is 13.6. The Morgan fingerprint density at radius 1 is 1.24 bits per heavy atom. The van der Waals surface area contributed by atoms with E-state index in [-0.39, 0.29) is 17.0 Å². The Hall–Kier alpha value is -4.24. The Labute approximate surface area is 217 Å². The molecule has 10 heteroatoms. The van der Waals surface area contributed by atoms with Crippen LogP contribution < -0.4 is 21.3 Å². The molecule has 3 aromatic rings. The third-order valence-corrected chi connectivity index (χ3v) is 7.00. The number of methoxy groups -OCH3 is 1. The summed E-state index contributed by atoms with van der Waals surface area (Å²) in [6.07, 6.45) is 8.77. The Morgan fingerprint density at radius 2 is 1.97 bits per heavy atom. The fraction of sp³-hybridized carbons (Fsp3) is 0.222. The number of allylic oxidation sites excluding steroid dienone is 2. The number of ether oxygens (including phenoxy) is 1. The minimum atomic E-state index is -1.22. The quantitative estimate of drug-likeness (QED) is 0.500. The standard InChI is InChI=1S/C27H25ClN4O5/c1-16-18(19-8-5-6-10-21(19)28)9-7-11-27(16,17-12-23(37-4)22(15-33)29-13-17)30-24(34)20-14-31(2)26(36)32(3)25(20)35/h5-16H,1-4H3,(H,30,34). The summed E-state index contributed by atoms with van der Waals surface area (Å²) in [7, 11) is 4.19. The Bertz CT molecular complexity index is 1590. The van der Waals surface area contributed by atoms with Crippen LogP contribution in [-0.4, -0.2) is 33.4 Å². The first-order chi connectivity index (χ1) is 17.6. The highest BCUT2D eigenvalue weighted by Crippen LogP contribution is 2.44. The molecule has 2 unspecified atom stereocenters. The molecule has 4 rings (SSSR count). The zero-order valence-electron chi connectivity index (χ0n) is 20.7. The molecule has 190 valence electrons. The third kappa shape index (κ3) is 4.42. The smallest absolute Gasteiger partial charge is 0.330 e. The van der Waals surface area contributed by atoms with Crippen molar-refractivity contribution in [3.63, 3.8) is 0 Å². The number of amides is 1. The predicted molar refractivity (Wildman–Crippen MR) is 140 cm³/mol. The van der Waals surface area contributed by atoms with Gasteiger partial charge < -0.3 is 14.6 Å². The van der Waals surface area contributed by atoms with Crippen LogP contribution >= 0.6 is 11.6 Å². The maximum atomic E-state index is 13.6. The van der Waals surface area contributed by atoms with E-state index in [9.17, 15) is 19.2 Å². The summed E-state index contributed by atoms with van der Waals surface area (Å²) >= 11 is 6.52. The largest absolute Gasteiger partial charge is 0.494 e. The molecule has 37 heavy (non-hydrogen) atoms. The first-order valence-electron chi connectivity index (χ1n) is 11.4. The first kappa shape index (κ1) is 25.8. The molecule has 2 heterocycles. The minimum Gasteiger partial charge on any atom is -0.494 e. The molecule has 0 bridgehead atoms. The van der Waals surface area contributed by atoms with Crippen LogP contribution in [0.2, 0.25) is 5.02 Å². The number of rotatable bonds is 6. The molecule has 0 spiro atoms. The topological polar surface area (TPSA) is 112 Å². The van der Waals surface area contributed by atoms with Gasteiger partial charge in [-0.1, -0.05) is 55.0 Å². The van der Waals surface area contributed by atoms with E-state index < -0.39 is 28.6 Å². The summed E-state index contributed by atoms with van der Waals surface area (Å²) in [5, 5.41) is 3.55. The van der Waals surface area contributed by atoms with Gasteiger partial charge in [-0.15, -0.1) is 0 Å². The summed E-state index contributed by atoms with van der Waals surface area (Å²) in [6, 6.07) is 8.98. The number of benzene rings is 1. The van der Waals surface area contributed by atoms with Gasteiger partial charge in [0, 0.05) is 43.0 Å². The molecule has 1 amide bonds. The molecule has 2 atom stereocenters. The van der Waals surface area contributed by atoms with Crippen LogP contribution in [0.1, 0.15) is 38.9 Å². The van der Waals surface area contributed by atoms with Gasteiger partial charge in [0.25, 0.3) is 11.5 Å². The van der Waals surface area contributed by atoms with Crippen molar-refractivity contribution in [3.8, 4) is 5.75 Å². The number of aromatic nitrogens is 3. The second kappa shape index (κ2) is 10.0. The van der Waals surface area contributed by atoms with Gasteiger partial charge in [0.05, 0.1) is 12.6 Å². The molecule has 1 aliphatic carbocycles. The minimum absolute atomic E-state index is 0.106. The van der Waals surface area contributed by atoms with Gasteiger partial charge in [0.1, 0.15) is 17.0 Å². The zero-order valence-corrected chi connectivity index (χ0v) is 21.4. The lowest BCUT2D eigenvalue weighted by Gasteiger charge is -2.41. The number of carbonyl (C=O) groups excluding carboxylic acids is 2. The molecule has 1 aliphatic rings. The lowest BCUT2D eigenvalue weighted by atomic mass is 9.71. The number of halogens is 1. The van der Waals surface area contributed by atoms with Crippen molar-refractivity contribution in [2.24, 2.45) is 20.0 Å². The fourth-order valence-electron chi connectivity index (χ4n) is 4.58. The molecular formula is C27H25ClN4O5. The summed E-state index contributed by atoms with van der Waals surface area (Å²) in [5.41, 5.74) is -0.464. The van der Waals surface area contributed by atoms with Gasteiger partial charge in [-0.2, -0.15) is 0 Å². The number of nitrogens with one attached hydrogen (secondary N) is 1. The average molecular weight is 521 g/mol. The summed E-state index contributed by atoms with van der Waals surface area (Å²) in [5.74, 6) is -0.869. The van der Waals surface area contributed by atoms with Gasteiger partial charge in [-0.05, 0) is 23.3 Å². The van der Waals surface area contributed by atoms with E-state index in [0.29, 0.717) is 16.9 Å². The van der Waals surface area contributed by atoms with Crippen molar-refractivity contribution in [1.82, 2.24) is 19.4 Å². The SMILES string of the molecule is COc1cc(C2(NC(=O)c3cn(C)c(=O)n(C)c3=O)C=CC=C(c3ccccc3Cl)C2C)cnc1C=O.